The molecule has 0 aliphatic heterocycles. The molecule has 0 spiro atoms. The average molecular weight is 290 g/mol. The van der Waals surface area contributed by atoms with Gasteiger partial charge >= 0.3 is 0 Å². The van der Waals surface area contributed by atoms with Crippen LogP contribution in [0, 0.1) is 0 Å². The minimum Gasteiger partial charge on any atom is -0.366 e. The molecule has 0 saturated heterocycles. The summed E-state index contributed by atoms with van der Waals surface area (Å²) in [5, 5.41) is 9.35. The first-order chi connectivity index (χ1) is 7.72. The molecule has 5 heteroatoms. The largest absolute Gasteiger partial charge is 0.366 e. The number of aryl methyl sites for hydroxylation is 1. The standard InChI is InChI=1S/C12H20N2O2.Zn/c1-14-16-12(15)9-11(13)8-7-10-5-3-2-4-6-10;/h2-6,11-12,14-15H,7-9,13H2,1H3;. The summed E-state index contributed by atoms with van der Waals surface area (Å²) in [6.45, 7) is 0. The smallest absolute Gasteiger partial charge is 0.175 e. The molecule has 2 atom stereocenters. The number of nitrogens with two attached hydrogens (primary N) is 1. The van der Waals surface area contributed by atoms with Crippen molar-refractivity contribution in [1.82, 2.24) is 5.48 Å². The Morgan fingerprint density at radius 2 is 2.00 bits per heavy atom. The molecule has 0 amide bonds. The quantitative estimate of drug-likeness (QED) is 0.395. The molecule has 0 aliphatic carbocycles. The number of aliphatic hydroxyl groups is 1. The maximum Gasteiger partial charge on any atom is 0.175 e. The Kier molecular flexibility index (Phi) is 9.51. The summed E-state index contributed by atoms with van der Waals surface area (Å²) in [5.74, 6) is 0. The third-order valence-electron chi connectivity index (χ3n) is 2.40. The van der Waals surface area contributed by atoms with Crippen molar-refractivity contribution in [3.8, 4) is 0 Å². The fourth-order valence-electron chi connectivity index (χ4n) is 1.56. The van der Waals surface area contributed by atoms with E-state index in [-0.39, 0.29) is 25.5 Å². The number of hydroxylamine groups is 1. The van der Waals surface area contributed by atoms with Gasteiger partial charge in [0.25, 0.3) is 0 Å². The van der Waals surface area contributed by atoms with E-state index in [1.165, 1.54) is 5.56 Å². The van der Waals surface area contributed by atoms with Crippen molar-refractivity contribution in [2.75, 3.05) is 7.05 Å². The van der Waals surface area contributed by atoms with Crippen LogP contribution in [0.5, 0.6) is 0 Å². The molecular formula is C12H20N2O2Zn. The summed E-state index contributed by atoms with van der Waals surface area (Å²) in [5.41, 5.74) is 9.59. The second-order valence-corrected chi connectivity index (χ2v) is 3.80. The SMILES string of the molecule is CNOC(O)CC(N)CCc1ccccc1.[Zn]. The molecular weight excluding hydrogens is 270 g/mol. The van der Waals surface area contributed by atoms with Gasteiger partial charge in [0.1, 0.15) is 0 Å². The molecule has 2 unspecified atom stereocenters. The Balaban J connectivity index is 0.00000256. The van der Waals surface area contributed by atoms with Crippen molar-refractivity contribution in [3.63, 3.8) is 0 Å². The van der Waals surface area contributed by atoms with E-state index < -0.39 is 6.29 Å². The van der Waals surface area contributed by atoms with E-state index in [0.717, 1.165) is 12.8 Å². The molecule has 1 rings (SSSR count). The molecule has 92 valence electrons. The van der Waals surface area contributed by atoms with Gasteiger partial charge in [0.05, 0.1) is 0 Å². The van der Waals surface area contributed by atoms with Crippen molar-refractivity contribution < 1.29 is 29.4 Å². The van der Waals surface area contributed by atoms with Crippen molar-refractivity contribution >= 4 is 0 Å². The fraction of sp³-hybridized carbons (Fsp3) is 0.500. The van der Waals surface area contributed by atoms with E-state index in [9.17, 15) is 5.11 Å². The van der Waals surface area contributed by atoms with Gasteiger partial charge in [-0.15, -0.1) is 0 Å². The van der Waals surface area contributed by atoms with Crippen LogP contribution in [0.4, 0.5) is 0 Å². The van der Waals surface area contributed by atoms with Gasteiger partial charge in [0.15, 0.2) is 6.29 Å². The van der Waals surface area contributed by atoms with Crippen molar-refractivity contribution in [2.24, 2.45) is 5.73 Å². The van der Waals surface area contributed by atoms with Crippen LogP contribution in [0.25, 0.3) is 0 Å². The van der Waals surface area contributed by atoms with Crippen LogP contribution in [-0.2, 0) is 30.7 Å². The van der Waals surface area contributed by atoms with E-state index in [2.05, 4.69) is 17.6 Å². The van der Waals surface area contributed by atoms with Crippen LogP contribution in [0.3, 0.4) is 0 Å². The van der Waals surface area contributed by atoms with Gasteiger partial charge < -0.3 is 10.8 Å². The van der Waals surface area contributed by atoms with Gasteiger partial charge in [0, 0.05) is 39.0 Å². The van der Waals surface area contributed by atoms with Gasteiger partial charge in [-0.05, 0) is 18.4 Å². The molecule has 4 N–H and O–H groups in total. The summed E-state index contributed by atoms with van der Waals surface area (Å²) in [4.78, 5) is 4.79. The first kappa shape index (κ1) is 16.7. The first-order valence-electron chi connectivity index (χ1n) is 5.52. The van der Waals surface area contributed by atoms with Crippen LogP contribution in [0.15, 0.2) is 30.3 Å². The monoisotopic (exact) mass is 288 g/mol. The minimum atomic E-state index is -0.837. The Labute approximate surface area is 115 Å². The zero-order valence-corrected chi connectivity index (χ0v) is 13.3. The molecule has 0 aliphatic rings. The van der Waals surface area contributed by atoms with E-state index in [1.807, 2.05) is 18.2 Å². The summed E-state index contributed by atoms with van der Waals surface area (Å²) in [7, 11) is 1.61. The van der Waals surface area contributed by atoms with Gasteiger partial charge in [0.2, 0.25) is 0 Å². The van der Waals surface area contributed by atoms with E-state index in [4.69, 9.17) is 10.6 Å². The fourth-order valence-corrected chi connectivity index (χ4v) is 1.56. The maximum atomic E-state index is 9.35. The number of nitrogens with one attached hydrogen (secondary N) is 1. The molecule has 0 radical (unpaired) electrons. The number of hydrogen-bond acceptors (Lipinski definition) is 4. The van der Waals surface area contributed by atoms with Crippen LogP contribution in [0.1, 0.15) is 18.4 Å². The van der Waals surface area contributed by atoms with Crippen LogP contribution in [-0.4, -0.2) is 24.5 Å². The Hall–Kier alpha value is -0.317. The molecule has 4 nitrogen and oxygen atoms in total. The Bertz CT molecular complexity index is 285. The maximum absolute atomic E-state index is 9.35. The van der Waals surface area contributed by atoms with Crippen molar-refractivity contribution in [2.45, 2.75) is 31.6 Å². The van der Waals surface area contributed by atoms with Gasteiger partial charge in [-0.2, -0.15) is 0 Å². The number of benzene rings is 1. The molecule has 0 fully saturated rings. The van der Waals surface area contributed by atoms with Crippen molar-refractivity contribution in [1.29, 1.82) is 0 Å². The Morgan fingerprint density at radius 1 is 1.35 bits per heavy atom. The first-order valence-corrected chi connectivity index (χ1v) is 5.52. The summed E-state index contributed by atoms with van der Waals surface area (Å²) in [6.07, 6.45) is 1.37. The number of hydrogen-bond donors (Lipinski definition) is 3. The topological polar surface area (TPSA) is 67.5 Å². The molecule has 1 aromatic carbocycles. The van der Waals surface area contributed by atoms with E-state index >= 15 is 0 Å². The Morgan fingerprint density at radius 3 is 2.59 bits per heavy atom. The second kappa shape index (κ2) is 9.69. The van der Waals surface area contributed by atoms with Gasteiger partial charge in [-0.25, -0.2) is 5.48 Å². The van der Waals surface area contributed by atoms with Gasteiger partial charge in [-0.3, -0.25) is 4.84 Å². The summed E-state index contributed by atoms with van der Waals surface area (Å²) in [6, 6.07) is 10.1. The van der Waals surface area contributed by atoms with E-state index in [0.29, 0.717) is 6.42 Å². The van der Waals surface area contributed by atoms with Crippen LogP contribution >= 0.6 is 0 Å². The second-order valence-electron chi connectivity index (χ2n) is 3.80. The zero-order chi connectivity index (χ0) is 11.8. The molecule has 0 aromatic heterocycles. The number of rotatable bonds is 7. The number of aliphatic hydroxyl groups excluding tert-OH is 1. The van der Waals surface area contributed by atoms with Crippen LogP contribution in [0.2, 0.25) is 0 Å². The molecule has 0 heterocycles. The molecule has 0 bridgehead atoms. The molecule has 1 aromatic rings. The minimum absolute atomic E-state index is 0. The van der Waals surface area contributed by atoms with E-state index in [1.54, 1.807) is 7.05 Å². The average Bonchev–Trinajstić information content (AvgIpc) is 2.28. The molecule has 0 saturated carbocycles. The van der Waals surface area contributed by atoms with Crippen LogP contribution < -0.4 is 11.2 Å². The predicted octanol–water partition coefficient (Wildman–Crippen LogP) is 0.803. The normalized spacial score (nSPS) is 13.8. The third kappa shape index (κ3) is 7.58. The summed E-state index contributed by atoms with van der Waals surface area (Å²) < 4.78 is 0. The van der Waals surface area contributed by atoms with Crippen molar-refractivity contribution in [3.05, 3.63) is 35.9 Å². The molecule has 17 heavy (non-hydrogen) atoms. The zero-order valence-electron chi connectivity index (χ0n) is 10.3. The van der Waals surface area contributed by atoms with Gasteiger partial charge in [-0.1, -0.05) is 30.3 Å². The third-order valence-corrected chi connectivity index (χ3v) is 2.40. The summed E-state index contributed by atoms with van der Waals surface area (Å²) >= 11 is 0. The predicted molar refractivity (Wildman–Crippen MR) is 63.5 cm³/mol.